The Hall–Kier alpha value is -2.54. The summed E-state index contributed by atoms with van der Waals surface area (Å²) in [5, 5.41) is 3.13. The second-order valence-corrected chi connectivity index (χ2v) is 5.89. The van der Waals surface area contributed by atoms with E-state index in [1.807, 2.05) is 0 Å². The van der Waals surface area contributed by atoms with Gasteiger partial charge in [-0.05, 0) is 36.2 Å². The lowest BCUT2D eigenvalue weighted by molar-refractivity contribution is -0.0501. The van der Waals surface area contributed by atoms with Crippen LogP contribution < -0.4 is 19.5 Å². The first-order valence-corrected chi connectivity index (χ1v) is 8.32. The molecule has 0 radical (unpaired) electrons. The fourth-order valence-corrected chi connectivity index (χ4v) is 2.86. The van der Waals surface area contributed by atoms with Gasteiger partial charge in [-0.25, -0.2) is 0 Å². The fourth-order valence-electron chi connectivity index (χ4n) is 2.58. The lowest BCUT2D eigenvalue weighted by Crippen LogP contribution is -2.26. The van der Waals surface area contributed by atoms with Crippen molar-refractivity contribution in [1.29, 1.82) is 0 Å². The van der Waals surface area contributed by atoms with Crippen LogP contribution >= 0.6 is 11.6 Å². The molecule has 0 saturated carbocycles. The second kappa shape index (κ2) is 8.23. The maximum absolute atomic E-state index is 12.4. The lowest BCUT2D eigenvalue weighted by Gasteiger charge is -2.20. The topological polar surface area (TPSA) is 56.8 Å². The van der Waals surface area contributed by atoms with Crippen molar-refractivity contribution < 1.29 is 27.8 Å². The van der Waals surface area contributed by atoms with Crippen molar-refractivity contribution in [2.45, 2.75) is 13.0 Å². The molecule has 26 heavy (non-hydrogen) atoms. The standard InChI is InChI=1S/C18H16ClF2NO4/c19-13-9-11(10-15-16(13)25-8-7-24-15)5-6-22-17(23)12-3-1-2-4-14(12)26-18(20)21/h1-4,9-10,18H,5-8H2,(H,22,23). The van der Waals surface area contributed by atoms with Gasteiger partial charge in [-0.3, -0.25) is 4.79 Å². The van der Waals surface area contributed by atoms with Crippen LogP contribution in [-0.2, 0) is 6.42 Å². The molecule has 8 heteroatoms. The number of halogens is 3. The molecule has 0 saturated heterocycles. The van der Waals surface area contributed by atoms with Gasteiger partial charge >= 0.3 is 6.61 Å². The molecule has 0 aliphatic carbocycles. The number of nitrogens with one attached hydrogen (secondary N) is 1. The summed E-state index contributed by atoms with van der Waals surface area (Å²) >= 11 is 6.17. The Balaban J connectivity index is 1.62. The van der Waals surface area contributed by atoms with Crippen molar-refractivity contribution in [3.8, 4) is 17.2 Å². The summed E-state index contributed by atoms with van der Waals surface area (Å²) in [5.74, 6) is 0.428. The maximum Gasteiger partial charge on any atom is 0.387 e. The summed E-state index contributed by atoms with van der Waals surface area (Å²) in [4.78, 5) is 12.2. The fraction of sp³-hybridized carbons (Fsp3) is 0.278. The van der Waals surface area contributed by atoms with Crippen LogP contribution in [0.3, 0.4) is 0 Å². The van der Waals surface area contributed by atoms with Gasteiger partial charge in [0.2, 0.25) is 0 Å². The lowest BCUT2D eigenvalue weighted by atomic mass is 10.1. The predicted octanol–water partition coefficient (Wildman–Crippen LogP) is 3.69. The average molecular weight is 384 g/mol. The van der Waals surface area contributed by atoms with Gasteiger partial charge in [-0.1, -0.05) is 23.7 Å². The van der Waals surface area contributed by atoms with E-state index in [1.165, 1.54) is 18.2 Å². The number of benzene rings is 2. The van der Waals surface area contributed by atoms with E-state index >= 15 is 0 Å². The van der Waals surface area contributed by atoms with Crippen molar-refractivity contribution in [2.24, 2.45) is 0 Å². The zero-order chi connectivity index (χ0) is 18.5. The molecule has 1 aliphatic heterocycles. The monoisotopic (exact) mass is 383 g/mol. The SMILES string of the molecule is O=C(NCCc1cc(Cl)c2c(c1)OCCO2)c1ccccc1OC(F)F. The van der Waals surface area contributed by atoms with Crippen molar-refractivity contribution in [3.05, 3.63) is 52.5 Å². The van der Waals surface area contributed by atoms with Crippen LogP contribution in [-0.4, -0.2) is 32.3 Å². The Kier molecular flexibility index (Phi) is 5.78. The molecule has 1 N–H and O–H groups in total. The van der Waals surface area contributed by atoms with Crippen molar-refractivity contribution in [3.63, 3.8) is 0 Å². The van der Waals surface area contributed by atoms with E-state index < -0.39 is 12.5 Å². The Morgan fingerprint density at radius 2 is 2.00 bits per heavy atom. The van der Waals surface area contributed by atoms with Crippen LogP contribution in [0.25, 0.3) is 0 Å². The van der Waals surface area contributed by atoms with Gasteiger partial charge in [-0.15, -0.1) is 0 Å². The molecule has 2 aromatic rings. The number of rotatable bonds is 6. The van der Waals surface area contributed by atoms with Crippen molar-refractivity contribution in [1.82, 2.24) is 5.32 Å². The Morgan fingerprint density at radius 1 is 1.23 bits per heavy atom. The summed E-state index contributed by atoms with van der Waals surface area (Å²) in [5.41, 5.74) is 0.907. The number of carbonyl (C=O) groups is 1. The minimum absolute atomic E-state index is 0.0491. The summed E-state index contributed by atoms with van der Waals surface area (Å²) in [6.45, 7) is -1.81. The van der Waals surface area contributed by atoms with Crippen LogP contribution in [0, 0.1) is 0 Å². The maximum atomic E-state index is 12.4. The number of amides is 1. The number of ether oxygens (including phenoxy) is 3. The van der Waals surface area contributed by atoms with Crippen LogP contribution in [0.4, 0.5) is 8.78 Å². The predicted molar refractivity (Wildman–Crippen MR) is 91.6 cm³/mol. The van der Waals surface area contributed by atoms with E-state index in [-0.39, 0.29) is 17.9 Å². The molecule has 0 aromatic heterocycles. The van der Waals surface area contributed by atoms with Crippen LogP contribution in [0.2, 0.25) is 5.02 Å². The Morgan fingerprint density at radius 3 is 2.81 bits per heavy atom. The zero-order valence-corrected chi connectivity index (χ0v) is 14.4. The Labute approximate surface area is 153 Å². The number of alkyl halides is 2. The molecule has 1 aliphatic rings. The van der Waals surface area contributed by atoms with Gasteiger partial charge < -0.3 is 19.5 Å². The van der Waals surface area contributed by atoms with Gasteiger partial charge in [0.15, 0.2) is 11.5 Å². The molecular weight excluding hydrogens is 368 g/mol. The molecule has 5 nitrogen and oxygen atoms in total. The van der Waals surface area contributed by atoms with Gasteiger partial charge in [0.1, 0.15) is 19.0 Å². The first kappa shape index (κ1) is 18.3. The Bertz CT molecular complexity index is 801. The molecule has 138 valence electrons. The number of hydrogen-bond acceptors (Lipinski definition) is 4. The third-order valence-corrected chi connectivity index (χ3v) is 3.98. The summed E-state index contributed by atoms with van der Waals surface area (Å²) in [6.07, 6.45) is 0.486. The molecule has 1 amide bonds. The number of fused-ring (bicyclic) bond motifs is 1. The minimum Gasteiger partial charge on any atom is -0.486 e. The molecule has 0 bridgehead atoms. The van der Waals surface area contributed by atoms with Gasteiger partial charge in [0, 0.05) is 6.54 Å². The van der Waals surface area contributed by atoms with Crippen molar-refractivity contribution >= 4 is 17.5 Å². The molecule has 2 aromatic carbocycles. The quantitative estimate of drug-likeness (QED) is 0.826. The molecule has 1 heterocycles. The van der Waals surface area contributed by atoms with E-state index in [1.54, 1.807) is 18.2 Å². The summed E-state index contributed by atoms with van der Waals surface area (Å²) in [7, 11) is 0. The van der Waals surface area contributed by atoms with E-state index in [0.29, 0.717) is 36.2 Å². The van der Waals surface area contributed by atoms with Gasteiger partial charge in [-0.2, -0.15) is 8.78 Å². The highest BCUT2D eigenvalue weighted by Crippen LogP contribution is 2.38. The van der Waals surface area contributed by atoms with E-state index in [9.17, 15) is 13.6 Å². The zero-order valence-electron chi connectivity index (χ0n) is 13.6. The summed E-state index contributed by atoms with van der Waals surface area (Å²) < 4.78 is 40.2. The number of carbonyl (C=O) groups excluding carboxylic acids is 1. The molecule has 3 rings (SSSR count). The number of para-hydroxylation sites is 1. The molecule has 0 spiro atoms. The van der Waals surface area contributed by atoms with E-state index in [0.717, 1.165) is 5.56 Å². The highest BCUT2D eigenvalue weighted by atomic mass is 35.5. The molecule has 0 atom stereocenters. The van der Waals surface area contributed by atoms with Gasteiger partial charge in [0.25, 0.3) is 5.91 Å². The number of hydrogen-bond donors (Lipinski definition) is 1. The normalized spacial score (nSPS) is 12.8. The second-order valence-electron chi connectivity index (χ2n) is 5.48. The third-order valence-electron chi connectivity index (χ3n) is 3.70. The highest BCUT2D eigenvalue weighted by Gasteiger charge is 2.17. The highest BCUT2D eigenvalue weighted by molar-refractivity contribution is 6.32. The third kappa shape index (κ3) is 4.35. The molecule has 0 unspecified atom stereocenters. The molecule has 0 fully saturated rings. The molecular formula is C18H16ClF2NO4. The minimum atomic E-state index is -3.00. The van der Waals surface area contributed by atoms with Crippen LogP contribution in [0.5, 0.6) is 17.2 Å². The van der Waals surface area contributed by atoms with Crippen LogP contribution in [0.1, 0.15) is 15.9 Å². The summed E-state index contributed by atoms with van der Waals surface area (Å²) in [6, 6.07) is 9.39. The van der Waals surface area contributed by atoms with E-state index in [4.69, 9.17) is 21.1 Å². The van der Waals surface area contributed by atoms with Crippen molar-refractivity contribution in [2.75, 3.05) is 19.8 Å². The van der Waals surface area contributed by atoms with Gasteiger partial charge in [0.05, 0.1) is 10.6 Å². The first-order chi connectivity index (χ1) is 12.5. The van der Waals surface area contributed by atoms with Crippen LogP contribution in [0.15, 0.2) is 36.4 Å². The largest absolute Gasteiger partial charge is 0.486 e. The first-order valence-electron chi connectivity index (χ1n) is 7.94. The van der Waals surface area contributed by atoms with E-state index in [2.05, 4.69) is 10.1 Å². The average Bonchev–Trinajstić information content (AvgIpc) is 2.61. The smallest absolute Gasteiger partial charge is 0.387 e.